The van der Waals surface area contributed by atoms with Gasteiger partial charge in [-0.2, -0.15) is 23.3 Å². The predicted octanol–water partition coefficient (Wildman–Crippen LogP) is 3.94. The van der Waals surface area contributed by atoms with Crippen molar-refractivity contribution < 1.29 is 27.2 Å². The van der Waals surface area contributed by atoms with Crippen LogP contribution in [0.1, 0.15) is 21.8 Å². The summed E-state index contributed by atoms with van der Waals surface area (Å²) in [6, 6.07) is 11.8. The van der Waals surface area contributed by atoms with E-state index in [0.717, 1.165) is 5.56 Å². The Morgan fingerprint density at radius 1 is 1.17 bits per heavy atom. The van der Waals surface area contributed by atoms with Gasteiger partial charge in [0.05, 0.1) is 24.7 Å². The van der Waals surface area contributed by atoms with E-state index in [2.05, 4.69) is 19.8 Å². The first kappa shape index (κ1) is 18.7. The first-order valence-corrected chi connectivity index (χ1v) is 8.40. The van der Waals surface area contributed by atoms with E-state index in [1.807, 2.05) is 0 Å². The van der Waals surface area contributed by atoms with Crippen molar-refractivity contribution in [3.63, 3.8) is 0 Å². The third-order valence-corrected chi connectivity index (χ3v) is 4.23. The van der Waals surface area contributed by atoms with E-state index in [0.29, 0.717) is 28.6 Å². The third kappa shape index (κ3) is 3.68. The molecule has 4 aromatic rings. The maximum Gasteiger partial charge on any atom is 0.471 e. The molecule has 2 heterocycles. The Morgan fingerprint density at radius 3 is 2.59 bits per heavy atom. The number of fused-ring (bicyclic) bond motifs is 1. The van der Waals surface area contributed by atoms with Crippen molar-refractivity contribution in [2.24, 2.45) is 0 Å². The number of carbonyl (C=O) groups excluding carboxylic acids is 1. The van der Waals surface area contributed by atoms with Gasteiger partial charge in [0.25, 0.3) is 0 Å². The van der Waals surface area contributed by atoms with Crippen molar-refractivity contribution in [1.82, 2.24) is 19.9 Å². The molecule has 0 fully saturated rings. The van der Waals surface area contributed by atoms with Crippen LogP contribution in [0.4, 0.5) is 13.2 Å². The van der Waals surface area contributed by atoms with Gasteiger partial charge >= 0.3 is 18.0 Å². The molecule has 10 heteroatoms. The van der Waals surface area contributed by atoms with Crippen molar-refractivity contribution in [1.29, 1.82) is 0 Å². The van der Waals surface area contributed by atoms with Gasteiger partial charge in [-0.05, 0) is 17.7 Å². The zero-order valence-corrected chi connectivity index (χ0v) is 15.0. The van der Waals surface area contributed by atoms with Crippen LogP contribution < -0.4 is 0 Å². The maximum absolute atomic E-state index is 12.6. The molecule has 29 heavy (non-hydrogen) atoms. The summed E-state index contributed by atoms with van der Waals surface area (Å²) in [7, 11) is 1.31. The van der Waals surface area contributed by atoms with Crippen LogP contribution in [0.15, 0.2) is 53.2 Å². The van der Waals surface area contributed by atoms with Crippen LogP contribution in [0, 0.1) is 0 Å². The monoisotopic (exact) mass is 402 g/mol. The van der Waals surface area contributed by atoms with Crippen LogP contribution in [0.25, 0.3) is 22.3 Å². The molecule has 7 nitrogen and oxygen atoms in total. The van der Waals surface area contributed by atoms with Crippen LogP contribution in [0.3, 0.4) is 0 Å². The van der Waals surface area contributed by atoms with Crippen LogP contribution in [-0.2, 0) is 17.5 Å². The van der Waals surface area contributed by atoms with Gasteiger partial charge in [-0.3, -0.25) is 4.68 Å². The number of hydrogen-bond donors (Lipinski definition) is 0. The maximum atomic E-state index is 12.6. The first-order valence-electron chi connectivity index (χ1n) is 8.40. The largest absolute Gasteiger partial charge is 0.471 e. The summed E-state index contributed by atoms with van der Waals surface area (Å²) in [5.74, 6) is -1.98. The van der Waals surface area contributed by atoms with Gasteiger partial charge in [-0.1, -0.05) is 35.5 Å². The molecule has 0 radical (unpaired) electrons. The van der Waals surface area contributed by atoms with Crippen LogP contribution >= 0.6 is 0 Å². The topological polar surface area (TPSA) is 83.0 Å². The highest BCUT2D eigenvalue weighted by Crippen LogP contribution is 2.29. The molecule has 0 aliphatic carbocycles. The Bertz CT molecular complexity index is 1180. The Hall–Kier alpha value is -3.69. The smallest absolute Gasteiger partial charge is 0.465 e. The zero-order valence-electron chi connectivity index (χ0n) is 15.0. The number of halogens is 3. The van der Waals surface area contributed by atoms with Crippen molar-refractivity contribution >= 4 is 16.9 Å². The van der Waals surface area contributed by atoms with E-state index >= 15 is 0 Å². The Morgan fingerprint density at radius 2 is 1.93 bits per heavy atom. The molecule has 0 unspecified atom stereocenters. The quantitative estimate of drug-likeness (QED) is 0.481. The lowest BCUT2D eigenvalue weighted by atomic mass is 10.1. The normalized spacial score (nSPS) is 11.7. The zero-order chi connectivity index (χ0) is 20.6. The van der Waals surface area contributed by atoms with Crippen molar-refractivity contribution in [3.8, 4) is 11.4 Å². The molecule has 0 N–H and O–H groups in total. The number of benzene rings is 2. The molecule has 0 aliphatic rings. The Labute approximate surface area is 161 Å². The molecule has 0 saturated heterocycles. The minimum atomic E-state index is -4.68. The van der Waals surface area contributed by atoms with Gasteiger partial charge in [-0.25, -0.2) is 4.79 Å². The Balaban J connectivity index is 1.56. The van der Waals surface area contributed by atoms with E-state index in [4.69, 9.17) is 4.74 Å². The van der Waals surface area contributed by atoms with Crippen molar-refractivity contribution in [3.05, 3.63) is 65.7 Å². The van der Waals surface area contributed by atoms with Crippen LogP contribution in [0.2, 0.25) is 0 Å². The van der Waals surface area contributed by atoms with Crippen molar-refractivity contribution in [2.45, 2.75) is 12.7 Å². The average molecular weight is 402 g/mol. The van der Waals surface area contributed by atoms with Gasteiger partial charge in [0.2, 0.25) is 5.82 Å². The van der Waals surface area contributed by atoms with Gasteiger partial charge in [-0.15, -0.1) is 0 Å². The van der Waals surface area contributed by atoms with Crippen LogP contribution in [-0.4, -0.2) is 33.0 Å². The minimum absolute atomic E-state index is 0.142. The highest BCUT2D eigenvalue weighted by atomic mass is 19.4. The minimum Gasteiger partial charge on any atom is -0.465 e. The number of ether oxygens (including phenoxy) is 1. The number of alkyl halides is 3. The average Bonchev–Trinajstić information content (AvgIpc) is 3.34. The molecule has 0 atom stereocenters. The number of rotatable bonds is 4. The standard InChI is InChI=1S/C19H13F3N4O3/c1-28-17(27)13-3-2-4-15-14(13)10-26(24-15)9-11-5-7-12(8-6-11)16-23-18(29-25-16)19(20,21)22/h2-8,10H,9H2,1H3. The molecule has 0 aliphatic heterocycles. The number of aromatic nitrogens is 4. The number of carbonyl (C=O) groups is 1. The first-order chi connectivity index (χ1) is 13.8. The highest BCUT2D eigenvalue weighted by molar-refractivity contribution is 6.03. The number of methoxy groups -OCH3 is 1. The molecule has 0 amide bonds. The SMILES string of the molecule is COC(=O)c1cccc2nn(Cc3ccc(-c4noc(C(F)(F)F)n4)cc3)cc12. The summed E-state index contributed by atoms with van der Waals surface area (Å²) in [4.78, 5) is 15.2. The van der Waals surface area contributed by atoms with Gasteiger partial charge < -0.3 is 9.26 Å². The van der Waals surface area contributed by atoms with Crippen molar-refractivity contribution in [2.75, 3.05) is 7.11 Å². The number of esters is 1. The fourth-order valence-electron chi connectivity index (χ4n) is 2.86. The Kier molecular flexibility index (Phi) is 4.53. The second-order valence-electron chi connectivity index (χ2n) is 6.17. The second kappa shape index (κ2) is 7.04. The fraction of sp³-hybridized carbons (Fsp3) is 0.158. The lowest BCUT2D eigenvalue weighted by molar-refractivity contribution is -0.159. The number of nitrogens with zero attached hydrogens (tertiary/aromatic N) is 4. The molecular weight excluding hydrogens is 389 g/mol. The second-order valence-corrected chi connectivity index (χ2v) is 6.17. The number of hydrogen-bond acceptors (Lipinski definition) is 6. The van der Waals surface area contributed by atoms with E-state index in [9.17, 15) is 18.0 Å². The molecule has 0 spiro atoms. The summed E-state index contributed by atoms with van der Waals surface area (Å²) < 4.78 is 48.4. The van der Waals surface area contributed by atoms with Crippen LogP contribution in [0.5, 0.6) is 0 Å². The van der Waals surface area contributed by atoms with E-state index in [1.54, 1.807) is 53.3 Å². The fourth-order valence-corrected chi connectivity index (χ4v) is 2.86. The predicted molar refractivity (Wildman–Crippen MR) is 94.9 cm³/mol. The van der Waals surface area contributed by atoms with E-state index < -0.39 is 18.0 Å². The third-order valence-electron chi connectivity index (χ3n) is 4.23. The summed E-state index contributed by atoms with van der Waals surface area (Å²) in [5.41, 5.74) is 2.31. The van der Waals surface area contributed by atoms with E-state index in [-0.39, 0.29) is 5.82 Å². The summed E-state index contributed by atoms with van der Waals surface area (Å²) in [6.07, 6.45) is -2.94. The molecule has 148 valence electrons. The molecule has 2 aromatic heterocycles. The van der Waals surface area contributed by atoms with Gasteiger partial charge in [0, 0.05) is 17.1 Å². The molecule has 4 rings (SSSR count). The van der Waals surface area contributed by atoms with Gasteiger partial charge in [0.1, 0.15) is 0 Å². The molecule has 2 aromatic carbocycles. The highest BCUT2D eigenvalue weighted by Gasteiger charge is 2.38. The molecule has 0 bridgehead atoms. The molecular formula is C19H13F3N4O3. The lowest BCUT2D eigenvalue weighted by Crippen LogP contribution is -2.04. The lowest BCUT2D eigenvalue weighted by Gasteiger charge is -2.02. The van der Waals surface area contributed by atoms with Gasteiger partial charge in [0.15, 0.2) is 0 Å². The summed E-state index contributed by atoms with van der Waals surface area (Å²) in [5, 5.41) is 8.47. The molecule has 0 saturated carbocycles. The summed E-state index contributed by atoms with van der Waals surface area (Å²) >= 11 is 0. The summed E-state index contributed by atoms with van der Waals surface area (Å²) in [6.45, 7) is 0.398. The van der Waals surface area contributed by atoms with E-state index in [1.165, 1.54) is 7.11 Å².